The minimum Gasteiger partial charge on any atom is -0.484 e. The molecule has 0 saturated heterocycles. The average Bonchev–Trinajstić information content (AvgIpc) is 3.17. The molecule has 142 valence electrons. The van der Waals surface area contributed by atoms with E-state index in [9.17, 15) is 0 Å². The molecule has 28 heavy (non-hydrogen) atoms. The van der Waals surface area contributed by atoms with Gasteiger partial charge < -0.3 is 9.15 Å². The third kappa shape index (κ3) is 4.13. The van der Waals surface area contributed by atoms with Crippen molar-refractivity contribution in [3.05, 3.63) is 76.3 Å². The summed E-state index contributed by atoms with van der Waals surface area (Å²) in [6, 6.07) is 15.8. The number of aryl methyl sites for hydroxylation is 2. The van der Waals surface area contributed by atoms with Crippen molar-refractivity contribution in [3.63, 3.8) is 0 Å². The molecule has 5 nitrogen and oxygen atoms in total. The molecule has 0 atom stereocenters. The molecule has 0 radical (unpaired) electrons. The number of hydrogen-bond acceptors (Lipinski definition) is 6. The summed E-state index contributed by atoms with van der Waals surface area (Å²) >= 11 is 7.92. The lowest BCUT2D eigenvalue weighted by Gasteiger charge is -2.08. The fourth-order valence-corrected chi connectivity index (χ4v) is 3.79. The summed E-state index contributed by atoms with van der Waals surface area (Å²) in [5.74, 6) is 1.74. The van der Waals surface area contributed by atoms with Gasteiger partial charge in [0.25, 0.3) is 11.1 Å². The topological polar surface area (TPSA) is 61.0 Å². The second-order valence-corrected chi connectivity index (χ2v) is 7.67. The highest BCUT2D eigenvalue weighted by atomic mass is 35.5. The standard InChI is InChI=1S/C21H18ClN3O2S/c1-13-7-9-15(10-8-13)26-11-19-24-25-21(27-19)28-12-18-20(22)14(2)16-5-3-4-6-17(16)23-18/h3-10H,11-12H2,1-2H3. The van der Waals surface area contributed by atoms with Gasteiger partial charge in [-0.05, 0) is 37.6 Å². The molecule has 0 unspecified atom stereocenters. The lowest BCUT2D eigenvalue weighted by atomic mass is 10.1. The smallest absolute Gasteiger partial charge is 0.277 e. The van der Waals surface area contributed by atoms with Gasteiger partial charge in [-0.15, -0.1) is 10.2 Å². The van der Waals surface area contributed by atoms with Gasteiger partial charge in [0.2, 0.25) is 0 Å². The SMILES string of the molecule is Cc1ccc(OCc2nnc(SCc3nc4ccccc4c(C)c3Cl)o2)cc1. The van der Waals surface area contributed by atoms with Crippen LogP contribution in [0.15, 0.2) is 58.2 Å². The number of halogens is 1. The monoisotopic (exact) mass is 411 g/mol. The zero-order valence-corrected chi connectivity index (χ0v) is 17.0. The largest absolute Gasteiger partial charge is 0.484 e. The van der Waals surface area contributed by atoms with E-state index in [1.807, 2.05) is 62.4 Å². The summed E-state index contributed by atoms with van der Waals surface area (Å²) in [6.45, 7) is 4.27. The number of thioether (sulfide) groups is 1. The number of fused-ring (bicyclic) bond motifs is 1. The molecular formula is C21H18ClN3O2S. The van der Waals surface area contributed by atoms with E-state index in [1.54, 1.807) is 0 Å². The van der Waals surface area contributed by atoms with Gasteiger partial charge in [0.1, 0.15) is 5.75 Å². The van der Waals surface area contributed by atoms with Gasteiger partial charge in [0.05, 0.1) is 16.2 Å². The molecule has 0 bridgehead atoms. The van der Waals surface area contributed by atoms with E-state index >= 15 is 0 Å². The number of rotatable bonds is 6. The van der Waals surface area contributed by atoms with Gasteiger partial charge in [-0.25, -0.2) is 0 Å². The lowest BCUT2D eigenvalue weighted by molar-refractivity contribution is 0.252. The molecule has 2 aromatic carbocycles. The third-order valence-electron chi connectivity index (χ3n) is 4.31. The van der Waals surface area contributed by atoms with Crippen LogP contribution < -0.4 is 4.74 Å². The maximum atomic E-state index is 6.51. The van der Waals surface area contributed by atoms with E-state index in [2.05, 4.69) is 15.2 Å². The van der Waals surface area contributed by atoms with Crippen LogP contribution in [0.4, 0.5) is 0 Å². The number of benzene rings is 2. The molecule has 2 aromatic heterocycles. The predicted molar refractivity (Wildman–Crippen MR) is 111 cm³/mol. The van der Waals surface area contributed by atoms with Crippen molar-refractivity contribution in [1.29, 1.82) is 0 Å². The van der Waals surface area contributed by atoms with Crippen molar-refractivity contribution < 1.29 is 9.15 Å². The van der Waals surface area contributed by atoms with Crippen molar-refractivity contribution >= 4 is 34.3 Å². The number of hydrogen-bond donors (Lipinski definition) is 0. The van der Waals surface area contributed by atoms with Crippen LogP contribution in [0.2, 0.25) is 5.02 Å². The van der Waals surface area contributed by atoms with Gasteiger partial charge in [0, 0.05) is 11.1 Å². The van der Waals surface area contributed by atoms with Crippen LogP contribution in [0.5, 0.6) is 5.75 Å². The second-order valence-electron chi connectivity index (χ2n) is 6.37. The molecule has 4 rings (SSSR count). The molecule has 2 heterocycles. The Morgan fingerprint density at radius 1 is 1.04 bits per heavy atom. The first-order valence-corrected chi connectivity index (χ1v) is 10.1. The van der Waals surface area contributed by atoms with Crippen molar-refractivity contribution in [1.82, 2.24) is 15.2 Å². The van der Waals surface area contributed by atoms with E-state index in [0.717, 1.165) is 27.9 Å². The Morgan fingerprint density at radius 3 is 2.64 bits per heavy atom. The average molecular weight is 412 g/mol. The van der Waals surface area contributed by atoms with E-state index < -0.39 is 0 Å². The van der Waals surface area contributed by atoms with Crippen LogP contribution in [0, 0.1) is 13.8 Å². The Kier molecular flexibility index (Phi) is 5.50. The van der Waals surface area contributed by atoms with Gasteiger partial charge in [-0.3, -0.25) is 4.98 Å². The highest BCUT2D eigenvalue weighted by Gasteiger charge is 2.13. The van der Waals surface area contributed by atoms with Gasteiger partial charge >= 0.3 is 0 Å². The molecule has 0 amide bonds. The van der Waals surface area contributed by atoms with E-state index in [0.29, 0.717) is 21.9 Å². The molecule has 0 aliphatic rings. The first kappa shape index (κ1) is 18.8. The van der Waals surface area contributed by atoms with Crippen LogP contribution in [0.25, 0.3) is 10.9 Å². The summed E-state index contributed by atoms with van der Waals surface area (Å²) in [4.78, 5) is 4.67. The van der Waals surface area contributed by atoms with E-state index in [1.165, 1.54) is 17.3 Å². The molecule has 0 aliphatic heterocycles. The predicted octanol–water partition coefficient (Wildman–Crippen LogP) is 5.76. The first-order valence-electron chi connectivity index (χ1n) is 8.78. The highest BCUT2D eigenvalue weighted by Crippen LogP contribution is 2.31. The van der Waals surface area contributed by atoms with Crippen LogP contribution >= 0.6 is 23.4 Å². The number of aromatic nitrogens is 3. The Labute approximate surface area is 172 Å². The zero-order chi connectivity index (χ0) is 19.5. The Bertz CT molecular complexity index is 1110. The summed E-state index contributed by atoms with van der Waals surface area (Å²) in [5, 5.41) is 10.3. The van der Waals surface area contributed by atoms with Crippen molar-refractivity contribution in [3.8, 4) is 5.75 Å². The Hall–Kier alpha value is -2.57. The number of pyridine rings is 1. The fourth-order valence-electron chi connectivity index (χ4n) is 2.78. The summed E-state index contributed by atoms with van der Waals surface area (Å²) in [5.41, 5.74) is 3.94. The van der Waals surface area contributed by atoms with Crippen molar-refractivity contribution in [2.45, 2.75) is 31.4 Å². The minimum absolute atomic E-state index is 0.227. The van der Waals surface area contributed by atoms with E-state index in [4.69, 9.17) is 20.8 Å². The number of para-hydroxylation sites is 1. The second kappa shape index (κ2) is 8.20. The van der Waals surface area contributed by atoms with Crippen LogP contribution in [0.3, 0.4) is 0 Å². The summed E-state index contributed by atoms with van der Waals surface area (Å²) in [6.07, 6.45) is 0. The fraction of sp³-hybridized carbons (Fsp3) is 0.190. The first-order chi connectivity index (χ1) is 13.6. The molecule has 0 N–H and O–H groups in total. The van der Waals surface area contributed by atoms with Crippen LogP contribution in [-0.2, 0) is 12.4 Å². The van der Waals surface area contributed by atoms with E-state index in [-0.39, 0.29) is 6.61 Å². The normalized spacial score (nSPS) is 11.1. The Balaban J connectivity index is 1.41. The number of nitrogens with zero attached hydrogens (tertiary/aromatic N) is 3. The Morgan fingerprint density at radius 2 is 1.82 bits per heavy atom. The highest BCUT2D eigenvalue weighted by molar-refractivity contribution is 7.98. The molecule has 0 spiro atoms. The van der Waals surface area contributed by atoms with Crippen LogP contribution in [-0.4, -0.2) is 15.2 Å². The molecule has 0 aliphatic carbocycles. The lowest BCUT2D eigenvalue weighted by Crippen LogP contribution is -1.95. The molecular weight excluding hydrogens is 394 g/mol. The zero-order valence-electron chi connectivity index (χ0n) is 15.5. The van der Waals surface area contributed by atoms with Crippen molar-refractivity contribution in [2.75, 3.05) is 0 Å². The van der Waals surface area contributed by atoms with Gasteiger partial charge in [-0.2, -0.15) is 0 Å². The maximum Gasteiger partial charge on any atom is 0.277 e. The van der Waals surface area contributed by atoms with Gasteiger partial charge in [0.15, 0.2) is 6.61 Å². The molecule has 0 saturated carbocycles. The quantitative estimate of drug-likeness (QED) is 0.376. The van der Waals surface area contributed by atoms with Crippen molar-refractivity contribution in [2.24, 2.45) is 0 Å². The molecule has 4 aromatic rings. The van der Waals surface area contributed by atoms with Gasteiger partial charge in [-0.1, -0.05) is 59.3 Å². The van der Waals surface area contributed by atoms with Crippen LogP contribution in [0.1, 0.15) is 22.7 Å². The maximum absolute atomic E-state index is 6.51. The number of ether oxygens (including phenoxy) is 1. The third-order valence-corrected chi connectivity index (χ3v) is 5.64. The minimum atomic E-state index is 0.227. The summed E-state index contributed by atoms with van der Waals surface area (Å²) < 4.78 is 11.3. The summed E-state index contributed by atoms with van der Waals surface area (Å²) in [7, 11) is 0. The molecule has 0 fully saturated rings. The molecule has 7 heteroatoms.